The highest BCUT2D eigenvalue weighted by atomic mass is 35.5. The number of rotatable bonds is 5. The van der Waals surface area contributed by atoms with Crippen molar-refractivity contribution >= 4 is 34.2 Å². The lowest BCUT2D eigenvalue weighted by molar-refractivity contribution is -0.136. The minimum atomic E-state index is -1.42. The van der Waals surface area contributed by atoms with Gasteiger partial charge in [0.15, 0.2) is 0 Å². The maximum Gasteiger partial charge on any atom is 0.309 e. The van der Waals surface area contributed by atoms with Crippen molar-refractivity contribution in [3.8, 4) is 0 Å². The number of nitrogens with zero attached hydrogens (tertiary/aromatic N) is 2. The first-order valence-electron chi connectivity index (χ1n) is 6.33. The van der Waals surface area contributed by atoms with Gasteiger partial charge in [-0.2, -0.15) is 0 Å². The summed E-state index contributed by atoms with van der Waals surface area (Å²) in [6, 6.07) is 4.68. The van der Waals surface area contributed by atoms with E-state index in [4.69, 9.17) is 16.7 Å². The van der Waals surface area contributed by atoms with Crippen LogP contribution in [0.25, 0.3) is 0 Å². The van der Waals surface area contributed by atoms with E-state index < -0.39 is 16.8 Å². The summed E-state index contributed by atoms with van der Waals surface area (Å²) in [6.45, 7) is 0. The second kappa shape index (κ2) is 6.10. The van der Waals surface area contributed by atoms with Gasteiger partial charge in [-0.25, -0.2) is 0 Å². The van der Waals surface area contributed by atoms with Gasteiger partial charge in [-0.05, 0) is 18.2 Å². The standard InChI is InChI=1S/C14H15ClN2O4S/c1-16-8(7-12(18)19)6-10(22(3)21)13(16)14(20)9-4-5-11(15)17(9)2/h4-6H,7H2,1-3H3,(H,18,19). The molecule has 2 heterocycles. The van der Waals surface area contributed by atoms with Gasteiger partial charge in [0.2, 0.25) is 5.78 Å². The fraction of sp³-hybridized carbons (Fsp3) is 0.286. The summed E-state index contributed by atoms with van der Waals surface area (Å²) in [5.41, 5.74) is 0.982. The topological polar surface area (TPSA) is 81.3 Å². The van der Waals surface area contributed by atoms with E-state index in [1.54, 1.807) is 26.2 Å². The number of carbonyl (C=O) groups is 2. The Morgan fingerprint density at radius 1 is 1.27 bits per heavy atom. The fourth-order valence-electron chi connectivity index (χ4n) is 2.27. The van der Waals surface area contributed by atoms with Crippen molar-refractivity contribution in [2.24, 2.45) is 14.1 Å². The van der Waals surface area contributed by atoms with E-state index in [-0.39, 0.29) is 17.9 Å². The van der Waals surface area contributed by atoms with E-state index in [9.17, 15) is 13.8 Å². The van der Waals surface area contributed by atoms with Crippen LogP contribution in [-0.2, 0) is 36.1 Å². The van der Waals surface area contributed by atoms with Crippen LogP contribution in [0.15, 0.2) is 23.1 Å². The van der Waals surface area contributed by atoms with Crippen molar-refractivity contribution in [2.45, 2.75) is 11.3 Å². The summed E-state index contributed by atoms with van der Waals surface area (Å²) >= 11 is 5.94. The molecule has 0 saturated heterocycles. The molecular formula is C14H15ClN2O4S. The van der Waals surface area contributed by atoms with E-state index in [0.717, 1.165) is 0 Å². The number of carboxylic acids is 1. The van der Waals surface area contributed by atoms with Gasteiger partial charge >= 0.3 is 5.97 Å². The van der Waals surface area contributed by atoms with E-state index in [1.165, 1.54) is 21.5 Å². The number of halogens is 1. The van der Waals surface area contributed by atoms with Crippen LogP contribution in [0.2, 0.25) is 5.15 Å². The zero-order valence-electron chi connectivity index (χ0n) is 12.3. The smallest absolute Gasteiger partial charge is 0.309 e. The van der Waals surface area contributed by atoms with Gasteiger partial charge in [0.1, 0.15) is 10.8 Å². The van der Waals surface area contributed by atoms with Gasteiger partial charge in [-0.3, -0.25) is 13.8 Å². The molecule has 0 spiro atoms. The molecule has 0 radical (unpaired) electrons. The number of carbonyl (C=O) groups excluding carboxylic acids is 1. The maximum absolute atomic E-state index is 12.7. The lowest BCUT2D eigenvalue weighted by Gasteiger charge is -2.08. The van der Waals surface area contributed by atoms with Crippen LogP contribution in [0.5, 0.6) is 0 Å². The summed E-state index contributed by atoms with van der Waals surface area (Å²) < 4.78 is 14.9. The molecule has 0 amide bonds. The highest BCUT2D eigenvalue weighted by molar-refractivity contribution is 7.84. The van der Waals surface area contributed by atoms with Crippen LogP contribution in [0.4, 0.5) is 0 Å². The predicted octanol–water partition coefficient (Wildman–Crippen LogP) is 1.61. The van der Waals surface area contributed by atoms with Gasteiger partial charge in [-0.15, -0.1) is 0 Å². The van der Waals surface area contributed by atoms with Gasteiger partial charge in [-0.1, -0.05) is 11.6 Å². The molecule has 8 heteroatoms. The van der Waals surface area contributed by atoms with Crippen molar-refractivity contribution < 1.29 is 18.9 Å². The van der Waals surface area contributed by atoms with Crippen LogP contribution in [0, 0.1) is 0 Å². The van der Waals surface area contributed by atoms with E-state index in [1.807, 2.05) is 0 Å². The molecule has 1 N–H and O–H groups in total. The normalized spacial score (nSPS) is 12.4. The highest BCUT2D eigenvalue weighted by Gasteiger charge is 2.25. The lowest BCUT2D eigenvalue weighted by atomic mass is 10.2. The number of carboxylic acid groups (broad SMARTS) is 1. The molecule has 1 atom stereocenters. The van der Waals surface area contributed by atoms with Crippen LogP contribution >= 0.6 is 11.6 Å². The summed E-state index contributed by atoms with van der Waals surface area (Å²) in [7, 11) is 1.83. The SMILES string of the molecule is Cn1c(Cl)ccc1C(=O)c1c(S(C)=O)cc(CC(=O)O)n1C. The number of ketones is 1. The first-order valence-corrected chi connectivity index (χ1v) is 8.27. The zero-order valence-corrected chi connectivity index (χ0v) is 13.9. The second-order valence-electron chi connectivity index (χ2n) is 4.86. The Balaban J connectivity index is 2.60. The van der Waals surface area contributed by atoms with E-state index >= 15 is 0 Å². The number of hydrogen-bond donors (Lipinski definition) is 1. The molecule has 0 saturated carbocycles. The third kappa shape index (κ3) is 2.86. The Hall–Kier alpha value is -1.86. The van der Waals surface area contributed by atoms with E-state index in [2.05, 4.69) is 0 Å². The molecule has 1 unspecified atom stereocenters. The first-order chi connectivity index (χ1) is 10.2. The lowest BCUT2D eigenvalue weighted by Crippen LogP contribution is -2.15. The molecule has 2 aromatic rings. The van der Waals surface area contributed by atoms with Crippen molar-refractivity contribution in [1.82, 2.24) is 9.13 Å². The molecule has 118 valence electrons. The first kappa shape index (κ1) is 16.5. The molecular weight excluding hydrogens is 328 g/mol. The summed E-state index contributed by atoms with van der Waals surface area (Å²) in [5, 5.41) is 9.34. The molecule has 2 rings (SSSR count). The molecule has 0 bridgehead atoms. The quantitative estimate of drug-likeness (QED) is 0.837. The Morgan fingerprint density at radius 3 is 2.36 bits per heavy atom. The molecule has 0 aromatic carbocycles. The minimum absolute atomic E-state index is 0.218. The van der Waals surface area contributed by atoms with Gasteiger partial charge < -0.3 is 14.2 Å². The minimum Gasteiger partial charge on any atom is -0.481 e. The Labute approximate surface area is 134 Å². The van der Waals surface area contributed by atoms with Crippen molar-refractivity contribution in [1.29, 1.82) is 0 Å². The Morgan fingerprint density at radius 2 is 1.91 bits per heavy atom. The van der Waals surface area contributed by atoms with Crippen LogP contribution in [-0.4, -0.2) is 36.5 Å². The Bertz CT molecular complexity index is 791. The molecule has 0 aliphatic rings. The Kier molecular flexibility index (Phi) is 4.58. The molecule has 0 aliphatic heterocycles. The predicted molar refractivity (Wildman–Crippen MR) is 82.9 cm³/mol. The van der Waals surface area contributed by atoms with Gasteiger partial charge in [0.25, 0.3) is 0 Å². The third-order valence-electron chi connectivity index (χ3n) is 3.45. The maximum atomic E-state index is 12.7. The van der Waals surface area contributed by atoms with Crippen LogP contribution < -0.4 is 0 Å². The number of aliphatic carboxylic acids is 1. The monoisotopic (exact) mass is 342 g/mol. The highest BCUT2D eigenvalue weighted by Crippen LogP contribution is 2.24. The fourth-order valence-corrected chi connectivity index (χ4v) is 3.23. The van der Waals surface area contributed by atoms with Gasteiger partial charge in [0, 0.05) is 26.0 Å². The number of hydrogen-bond acceptors (Lipinski definition) is 3. The third-order valence-corrected chi connectivity index (χ3v) is 4.76. The molecule has 22 heavy (non-hydrogen) atoms. The molecule has 0 aliphatic carbocycles. The van der Waals surface area contributed by atoms with E-state index in [0.29, 0.717) is 21.4 Å². The summed E-state index contributed by atoms with van der Waals surface area (Å²) in [6.07, 6.45) is 1.20. The largest absolute Gasteiger partial charge is 0.481 e. The zero-order chi connectivity index (χ0) is 16.6. The second-order valence-corrected chi connectivity index (χ2v) is 6.60. The average molecular weight is 343 g/mol. The number of aromatic nitrogens is 2. The van der Waals surface area contributed by atoms with Crippen molar-refractivity contribution in [2.75, 3.05) is 6.26 Å². The van der Waals surface area contributed by atoms with Crippen molar-refractivity contribution in [3.63, 3.8) is 0 Å². The average Bonchev–Trinajstić information content (AvgIpc) is 2.91. The summed E-state index contributed by atoms with van der Waals surface area (Å²) in [5.74, 6) is -1.37. The van der Waals surface area contributed by atoms with Gasteiger partial charge in [0.05, 0.1) is 27.8 Å². The molecule has 6 nitrogen and oxygen atoms in total. The van der Waals surface area contributed by atoms with Crippen LogP contribution in [0.3, 0.4) is 0 Å². The van der Waals surface area contributed by atoms with Crippen LogP contribution in [0.1, 0.15) is 21.9 Å². The molecule has 2 aromatic heterocycles. The van der Waals surface area contributed by atoms with Crippen molar-refractivity contribution in [3.05, 3.63) is 40.4 Å². The molecule has 0 fully saturated rings. The summed E-state index contributed by atoms with van der Waals surface area (Å²) in [4.78, 5) is 24.0.